The molecular formula is C7H7N3O2. The summed E-state index contributed by atoms with van der Waals surface area (Å²) in [5, 5.41) is 18.0. The monoisotopic (exact) mass is 165 g/mol. The van der Waals surface area contributed by atoms with Crippen LogP contribution in [0.4, 0.5) is 0 Å². The number of aliphatic carboxylic acids is 1. The average molecular weight is 165 g/mol. The molecule has 1 rings (SSSR count). The zero-order valence-electron chi connectivity index (χ0n) is 6.11. The van der Waals surface area contributed by atoms with Crippen molar-refractivity contribution in [1.82, 2.24) is 5.32 Å². The molecule has 0 saturated heterocycles. The van der Waals surface area contributed by atoms with Gasteiger partial charge in [-0.15, -0.1) is 0 Å². The lowest BCUT2D eigenvalue weighted by Gasteiger charge is -2.05. The summed E-state index contributed by atoms with van der Waals surface area (Å²) in [5.41, 5.74) is -0.157. The molecule has 62 valence electrons. The summed E-state index contributed by atoms with van der Waals surface area (Å²) < 4.78 is 0. The SMILES string of the molecule is N=C/C(C(=O)O)=C1/N=CC=CN1. The Kier molecular flexibility index (Phi) is 2.37. The minimum Gasteiger partial charge on any atom is -0.477 e. The van der Waals surface area contributed by atoms with Crippen molar-refractivity contribution in [1.29, 1.82) is 5.41 Å². The predicted molar refractivity (Wildman–Crippen MR) is 44.2 cm³/mol. The van der Waals surface area contributed by atoms with Crippen LogP contribution in [0.15, 0.2) is 28.7 Å². The van der Waals surface area contributed by atoms with Crippen LogP contribution in [-0.4, -0.2) is 23.5 Å². The number of carboxylic acids is 1. The largest absolute Gasteiger partial charge is 0.477 e. The normalized spacial score (nSPS) is 18.3. The van der Waals surface area contributed by atoms with E-state index in [0.717, 1.165) is 6.21 Å². The van der Waals surface area contributed by atoms with Crippen LogP contribution >= 0.6 is 0 Å². The van der Waals surface area contributed by atoms with E-state index in [4.69, 9.17) is 10.5 Å². The standard InChI is InChI=1S/C7H7N3O2/c8-4-5(7(11)12)6-9-2-1-3-10-6/h1-4,8-9H,(H,11,12)/b6-5-,8-4?. The zero-order chi connectivity index (χ0) is 8.97. The molecule has 0 amide bonds. The summed E-state index contributed by atoms with van der Waals surface area (Å²) in [4.78, 5) is 14.2. The number of carboxylic acid groups (broad SMARTS) is 1. The van der Waals surface area contributed by atoms with Crippen molar-refractivity contribution in [2.75, 3.05) is 0 Å². The summed E-state index contributed by atoms with van der Waals surface area (Å²) >= 11 is 0. The topological polar surface area (TPSA) is 85.5 Å². The Morgan fingerprint density at radius 3 is 2.92 bits per heavy atom. The first kappa shape index (κ1) is 8.19. The van der Waals surface area contributed by atoms with Crippen LogP contribution in [0.2, 0.25) is 0 Å². The lowest BCUT2D eigenvalue weighted by atomic mass is 10.3. The highest BCUT2D eigenvalue weighted by Gasteiger charge is 2.10. The number of hydrogen-bond donors (Lipinski definition) is 3. The van der Waals surface area contributed by atoms with Crippen molar-refractivity contribution in [2.24, 2.45) is 4.99 Å². The Labute approximate surface area is 68.6 Å². The number of nitrogens with zero attached hydrogens (tertiary/aromatic N) is 1. The maximum Gasteiger partial charge on any atom is 0.341 e. The van der Waals surface area contributed by atoms with Crippen LogP contribution in [0.5, 0.6) is 0 Å². The molecule has 0 unspecified atom stereocenters. The molecule has 0 saturated carbocycles. The second kappa shape index (κ2) is 3.47. The van der Waals surface area contributed by atoms with Gasteiger partial charge in [0.2, 0.25) is 0 Å². The van der Waals surface area contributed by atoms with Gasteiger partial charge in [-0.3, -0.25) is 0 Å². The Morgan fingerprint density at radius 2 is 2.50 bits per heavy atom. The molecule has 0 spiro atoms. The Bertz CT molecular complexity index is 302. The summed E-state index contributed by atoms with van der Waals surface area (Å²) in [5.74, 6) is -0.986. The van der Waals surface area contributed by atoms with Gasteiger partial charge in [-0.25, -0.2) is 9.79 Å². The molecule has 0 aromatic rings. The van der Waals surface area contributed by atoms with Gasteiger partial charge in [0.25, 0.3) is 0 Å². The molecule has 5 nitrogen and oxygen atoms in total. The van der Waals surface area contributed by atoms with E-state index in [1.807, 2.05) is 0 Å². The highest BCUT2D eigenvalue weighted by Crippen LogP contribution is 2.02. The number of nitrogens with one attached hydrogen (secondary N) is 2. The molecule has 0 radical (unpaired) electrons. The van der Waals surface area contributed by atoms with Gasteiger partial charge in [0.1, 0.15) is 11.4 Å². The average Bonchev–Trinajstić information content (AvgIpc) is 2.07. The van der Waals surface area contributed by atoms with Crippen LogP contribution in [0.1, 0.15) is 0 Å². The molecule has 0 fully saturated rings. The van der Waals surface area contributed by atoms with Gasteiger partial charge in [-0.2, -0.15) is 0 Å². The predicted octanol–water partition coefficient (Wildman–Crippen LogP) is 0.120. The van der Waals surface area contributed by atoms with Gasteiger partial charge < -0.3 is 15.8 Å². The third-order valence-corrected chi connectivity index (χ3v) is 1.24. The van der Waals surface area contributed by atoms with Gasteiger partial charge in [-0.1, -0.05) is 0 Å². The van der Waals surface area contributed by atoms with Crippen LogP contribution < -0.4 is 5.32 Å². The van der Waals surface area contributed by atoms with Crippen molar-refractivity contribution in [3.63, 3.8) is 0 Å². The van der Waals surface area contributed by atoms with Crippen molar-refractivity contribution < 1.29 is 9.90 Å². The molecule has 3 N–H and O–H groups in total. The fraction of sp³-hybridized carbons (Fsp3) is 0. The number of carbonyl (C=O) groups is 1. The first-order chi connectivity index (χ1) is 5.75. The number of allylic oxidation sites excluding steroid dienone is 1. The summed E-state index contributed by atoms with van der Waals surface area (Å²) in [6.45, 7) is 0. The molecule has 0 bridgehead atoms. The van der Waals surface area contributed by atoms with Crippen LogP contribution in [0.3, 0.4) is 0 Å². The Balaban J connectivity index is 3.01. The molecule has 0 aliphatic carbocycles. The van der Waals surface area contributed by atoms with E-state index in [1.165, 1.54) is 6.21 Å². The fourth-order valence-electron chi connectivity index (χ4n) is 0.704. The van der Waals surface area contributed by atoms with E-state index in [9.17, 15) is 4.79 Å². The smallest absolute Gasteiger partial charge is 0.341 e. The summed E-state index contributed by atoms with van der Waals surface area (Å²) in [7, 11) is 0. The fourth-order valence-corrected chi connectivity index (χ4v) is 0.704. The molecule has 1 heterocycles. The lowest BCUT2D eigenvalue weighted by Crippen LogP contribution is -2.15. The molecule has 12 heavy (non-hydrogen) atoms. The van der Waals surface area contributed by atoms with E-state index < -0.39 is 5.97 Å². The number of hydrogen-bond acceptors (Lipinski definition) is 4. The van der Waals surface area contributed by atoms with Crippen LogP contribution in [-0.2, 0) is 4.79 Å². The van der Waals surface area contributed by atoms with Crippen molar-refractivity contribution in [3.8, 4) is 0 Å². The summed E-state index contributed by atoms with van der Waals surface area (Å²) in [6, 6.07) is 0. The Morgan fingerprint density at radius 1 is 1.75 bits per heavy atom. The third-order valence-electron chi connectivity index (χ3n) is 1.24. The van der Waals surface area contributed by atoms with E-state index in [-0.39, 0.29) is 11.4 Å². The zero-order valence-corrected chi connectivity index (χ0v) is 6.11. The van der Waals surface area contributed by atoms with Crippen LogP contribution in [0.25, 0.3) is 0 Å². The van der Waals surface area contributed by atoms with Crippen molar-refractivity contribution >= 4 is 18.4 Å². The van der Waals surface area contributed by atoms with E-state index in [1.54, 1.807) is 12.3 Å². The van der Waals surface area contributed by atoms with E-state index in [2.05, 4.69) is 10.3 Å². The Hall–Kier alpha value is -1.91. The molecule has 0 aromatic heterocycles. The first-order valence-corrected chi connectivity index (χ1v) is 3.19. The summed E-state index contributed by atoms with van der Waals surface area (Å²) in [6.07, 6.45) is 5.39. The van der Waals surface area contributed by atoms with E-state index >= 15 is 0 Å². The number of rotatable bonds is 2. The maximum absolute atomic E-state index is 10.5. The number of aliphatic imine (C=N–C) groups is 1. The molecule has 1 aliphatic rings. The molecular weight excluding hydrogens is 158 g/mol. The molecule has 5 heteroatoms. The van der Waals surface area contributed by atoms with E-state index in [0.29, 0.717) is 0 Å². The third kappa shape index (κ3) is 1.57. The van der Waals surface area contributed by atoms with Gasteiger partial charge in [0, 0.05) is 18.6 Å². The highest BCUT2D eigenvalue weighted by atomic mass is 16.4. The highest BCUT2D eigenvalue weighted by molar-refractivity contribution is 6.08. The maximum atomic E-state index is 10.5. The molecule has 0 atom stereocenters. The van der Waals surface area contributed by atoms with Gasteiger partial charge >= 0.3 is 5.97 Å². The minimum absolute atomic E-state index is 0.157. The minimum atomic E-state index is -1.17. The molecule has 1 aliphatic heterocycles. The van der Waals surface area contributed by atoms with Crippen LogP contribution in [0, 0.1) is 5.41 Å². The quantitative estimate of drug-likeness (QED) is 0.401. The molecule has 0 aromatic carbocycles. The van der Waals surface area contributed by atoms with Gasteiger partial charge in [0.05, 0.1) is 0 Å². The van der Waals surface area contributed by atoms with Gasteiger partial charge in [0.15, 0.2) is 0 Å². The second-order valence-electron chi connectivity index (χ2n) is 1.99. The van der Waals surface area contributed by atoms with Crippen molar-refractivity contribution in [2.45, 2.75) is 0 Å². The second-order valence-corrected chi connectivity index (χ2v) is 1.99. The first-order valence-electron chi connectivity index (χ1n) is 3.19. The lowest BCUT2D eigenvalue weighted by molar-refractivity contribution is -0.132. The van der Waals surface area contributed by atoms with Crippen molar-refractivity contribution in [3.05, 3.63) is 23.7 Å². The van der Waals surface area contributed by atoms with Gasteiger partial charge in [-0.05, 0) is 6.08 Å².